The van der Waals surface area contributed by atoms with Gasteiger partial charge in [0.1, 0.15) is 5.82 Å². The molecular formula is C12H21N7. The Morgan fingerprint density at radius 2 is 1.84 bits per heavy atom. The monoisotopic (exact) mass is 263 g/mol. The van der Waals surface area contributed by atoms with Crippen LogP contribution < -0.4 is 16.8 Å². The fourth-order valence-electron chi connectivity index (χ4n) is 2.69. The molecule has 5 N–H and O–H groups in total. The molecule has 2 heterocycles. The van der Waals surface area contributed by atoms with Gasteiger partial charge < -0.3 is 16.8 Å². The van der Waals surface area contributed by atoms with Crippen molar-refractivity contribution in [2.75, 3.05) is 24.6 Å². The lowest BCUT2D eigenvalue weighted by molar-refractivity contribution is 0.226. The summed E-state index contributed by atoms with van der Waals surface area (Å²) in [5.41, 5.74) is 11.2. The van der Waals surface area contributed by atoms with Crippen molar-refractivity contribution in [1.82, 2.24) is 25.2 Å². The number of nitrogen functional groups attached to an aromatic ring is 2. The van der Waals surface area contributed by atoms with Crippen LogP contribution in [0, 0.1) is 0 Å². The van der Waals surface area contributed by atoms with E-state index in [2.05, 4.69) is 25.2 Å². The first-order chi connectivity index (χ1) is 9.20. The highest BCUT2D eigenvalue weighted by atomic mass is 15.2. The van der Waals surface area contributed by atoms with Gasteiger partial charge in [-0.25, -0.2) is 0 Å². The Balaban J connectivity index is 1.66. The van der Waals surface area contributed by atoms with E-state index in [1.165, 1.54) is 25.7 Å². The lowest BCUT2D eigenvalue weighted by Crippen LogP contribution is -2.38. The Kier molecular flexibility index (Phi) is 3.48. The Morgan fingerprint density at radius 1 is 1.11 bits per heavy atom. The summed E-state index contributed by atoms with van der Waals surface area (Å²) >= 11 is 0. The molecule has 0 amide bonds. The molecule has 3 rings (SSSR count). The maximum absolute atomic E-state index is 5.62. The van der Waals surface area contributed by atoms with E-state index < -0.39 is 0 Å². The van der Waals surface area contributed by atoms with E-state index in [1.807, 2.05) is 0 Å². The molecule has 104 valence electrons. The van der Waals surface area contributed by atoms with E-state index in [-0.39, 0.29) is 11.9 Å². The minimum Gasteiger partial charge on any atom is -0.368 e. The average molecular weight is 263 g/mol. The van der Waals surface area contributed by atoms with Gasteiger partial charge in [-0.2, -0.15) is 15.0 Å². The molecule has 1 aliphatic carbocycles. The lowest BCUT2D eigenvalue weighted by Gasteiger charge is -2.24. The first-order valence-electron chi connectivity index (χ1n) is 6.94. The molecule has 1 aromatic heterocycles. The van der Waals surface area contributed by atoms with Crippen molar-refractivity contribution in [3.8, 4) is 0 Å². The van der Waals surface area contributed by atoms with Crippen LogP contribution in [-0.2, 0) is 6.54 Å². The smallest absolute Gasteiger partial charge is 0.225 e. The molecule has 1 saturated heterocycles. The molecule has 1 atom stereocenters. The normalized spacial score (nSPS) is 23.1. The van der Waals surface area contributed by atoms with Gasteiger partial charge in [-0.05, 0) is 32.2 Å². The van der Waals surface area contributed by atoms with Crippen LogP contribution in [0.5, 0.6) is 0 Å². The van der Waals surface area contributed by atoms with Crippen LogP contribution in [0.3, 0.4) is 0 Å². The predicted octanol–water partition coefficient (Wildman–Crippen LogP) is -0.248. The van der Waals surface area contributed by atoms with Gasteiger partial charge in [0.2, 0.25) is 11.9 Å². The molecule has 2 fully saturated rings. The summed E-state index contributed by atoms with van der Waals surface area (Å²) in [5.74, 6) is 1.09. The third kappa shape index (κ3) is 3.30. The van der Waals surface area contributed by atoms with Crippen LogP contribution >= 0.6 is 0 Å². The first kappa shape index (κ1) is 12.6. The fourth-order valence-corrected chi connectivity index (χ4v) is 2.69. The number of nitrogens with zero attached hydrogens (tertiary/aromatic N) is 4. The molecule has 0 radical (unpaired) electrons. The summed E-state index contributed by atoms with van der Waals surface area (Å²) in [4.78, 5) is 14.6. The molecule has 0 spiro atoms. The third-order valence-corrected chi connectivity index (χ3v) is 3.74. The number of anilines is 2. The van der Waals surface area contributed by atoms with Crippen molar-refractivity contribution in [2.45, 2.75) is 44.3 Å². The first-order valence-corrected chi connectivity index (χ1v) is 6.94. The van der Waals surface area contributed by atoms with Gasteiger partial charge >= 0.3 is 0 Å². The highest BCUT2D eigenvalue weighted by molar-refractivity contribution is 5.25. The third-order valence-electron chi connectivity index (χ3n) is 3.74. The quantitative estimate of drug-likeness (QED) is 0.672. The van der Waals surface area contributed by atoms with Gasteiger partial charge in [0.25, 0.3) is 0 Å². The van der Waals surface area contributed by atoms with Crippen LogP contribution in [0.25, 0.3) is 0 Å². The van der Waals surface area contributed by atoms with Gasteiger partial charge in [0, 0.05) is 18.6 Å². The second kappa shape index (κ2) is 5.26. The summed E-state index contributed by atoms with van der Waals surface area (Å²) in [5, 5.41) is 3.53. The number of hydrogen-bond donors (Lipinski definition) is 3. The molecule has 1 aliphatic heterocycles. The van der Waals surface area contributed by atoms with Gasteiger partial charge in [0.05, 0.1) is 6.54 Å². The molecule has 0 aromatic carbocycles. The molecule has 19 heavy (non-hydrogen) atoms. The Morgan fingerprint density at radius 3 is 2.42 bits per heavy atom. The second-order valence-electron chi connectivity index (χ2n) is 5.42. The average Bonchev–Trinajstić information content (AvgIpc) is 3.06. The van der Waals surface area contributed by atoms with Crippen molar-refractivity contribution in [3.63, 3.8) is 0 Å². The summed E-state index contributed by atoms with van der Waals surface area (Å²) in [7, 11) is 0. The van der Waals surface area contributed by atoms with Gasteiger partial charge in [-0.1, -0.05) is 0 Å². The minimum absolute atomic E-state index is 0.206. The van der Waals surface area contributed by atoms with Gasteiger partial charge in [-0.3, -0.25) is 4.90 Å². The zero-order chi connectivity index (χ0) is 13.2. The van der Waals surface area contributed by atoms with Crippen molar-refractivity contribution in [1.29, 1.82) is 0 Å². The predicted molar refractivity (Wildman–Crippen MR) is 73.1 cm³/mol. The van der Waals surface area contributed by atoms with E-state index in [0.717, 1.165) is 13.1 Å². The van der Waals surface area contributed by atoms with E-state index in [4.69, 9.17) is 11.5 Å². The van der Waals surface area contributed by atoms with E-state index in [9.17, 15) is 0 Å². The zero-order valence-corrected chi connectivity index (χ0v) is 11.0. The standard InChI is InChI=1S/C12H21N7/c13-11-16-10(17-12(14)18-11)7-19(9-3-4-9)6-8-2-1-5-15-8/h8-9,15H,1-7H2,(H4,13,14,16,17,18). The van der Waals surface area contributed by atoms with Gasteiger partial charge in [-0.15, -0.1) is 0 Å². The molecule has 1 saturated carbocycles. The molecule has 2 aliphatic rings. The number of nitrogens with one attached hydrogen (secondary N) is 1. The summed E-state index contributed by atoms with van der Waals surface area (Å²) < 4.78 is 0. The van der Waals surface area contributed by atoms with Crippen molar-refractivity contribution in [3.05, 3.63) is 5.82 Å². The molecule has 1 unspecified atom stereocenters. The number of nitrogens with two attached hydrogens (primary N) is 2. The van der Waals surface area contributed by atoms with Gasteiger partial charge in [0.15, 0.2) is 0 Å². The topological polar surface area (TPSA) is 106 Å². The highest BCUT2D eigenvalue weighted by Crippen LogP contribution is 2.28. The van der Waals surface area contributed by atoms with E-state index >= 15 is 0 Å². The number of aromatic nitrogens is 3. The maximum atomic E-state index is 5.62. The zero-order valence-electron chi connectivity index (χ0n) is 11.0. The molecule has 1 aromatic rings. The minimum atomic E-state index is 0.206. The van der Waals surface area contributed by atoms with Crippen LogP contribution in [0.15, 0.2) is 0 Å². The SMILES string of the molecule is Nc1nc(N)nc(CN(CC2CCCN2)C2CC2)n1. The van der Waals surface area contributed by atoms with E-state index in [1.54, 1.807) is 0 Å². The Labute approximate surface area is 112 Å². The lowest BCUT2D eigenvalue weighted by atomic mass is 10.2. The van der Waals surface area contributed by atoms with Crippen molar-refractivity contribution < 1.29 is 0 Å². The Hall–Kier alpha value is -1.47. The summed E-state index contributed by atoms with van der Waals surface area (Å²) in [6, 6.07) is 1.26. The van der Waals surface area contributed by atoms with Crippen molar-refractivity contribution in [2.24, 2.45) is 0 Å². The Bertz CT molecular complexity index is 419. The molecule has 7 nitrogen and oxygen atoms in total. The molecule has 0 bridgehead atoms. The van der Waals surface area contributed by atoms with Crippen LogP contribution in [0.4, 0.5) is 11.9 Å². The fraction of sp³-hybridized carbons (Fsp3) is 0.750. The van der Waals surface area contributed by atoms with Crippen LogP contribution in [-0.4, -0.2) is 45.0 Å². The van der Waals surface area contributed by atoms with Crippen molar-refractivity contribution >= 4 is 11.9 Å². The maximum Gasteiger partial charge on any atom is 0.225 e. The summed E-state index contributed by atoms with van der Waals surface area (Å²) in [6.07, 6.45) is 5.06. The summed E-state index contributed by atoms with van der Waals surface area (Å²) in [6.45, 7) is 2.89. The van der Waals surface area contributed by atoms with Crippen LogP contribution in [0.2, 0.25) is 0 Å². The molecular weight excluding hydrogens is 242 g/mol. The van der Waals surface area contributed by atoms with Crippen LogP contribution in [0.1, 0.15) is 31.5 Å². The van der Waals surface area contributed by atoms with E-state index in [0.29, 0.717) is 24.5 Å². The highest BCUT2D eigenvalue weighted by Gasteiger charge is 2.31. The second-order valence-corrected chi connectivity index (χ2v) is 5.42. The number of rotatable bonds is 5. The number of hydrogen-bond acceptors (Lipinski definition) is 7. The molecule has 7 heteroatoms. The largest absolute Gasteiger partial charge is 0.368 e.